The van der Waals surface area contributed by atoms with E-state index >= 15 is 0 Å². The maximum atomic E-state index is 9.10. The third-order valence-corrected chi connectivity index (χ3v) is 3.90. The summed E-state index contributed by atoms with van der Waals surface area (Å²) in [6.45, 7) is 6.31. The predicted octanol–water partition coefficient (Wildman–Crippen LogP) is 0.490. The summed E-state index contributed by atoms with van der Waals surface area (Å²) in [5.74, 6) is 0. The molecule has 9 heteroatoms. The molecule has 0 amide bonds. The van der Waals surface area contributed by atoms with Gasteiger partial charge in [0, 0.05) is 5.69 Å². The van der Waals surface area contributed by atoms with Gasteiger partial charge in [-0.3, -0.25) is 0 Å². The number of aromatic nitrogens is 2. The average molecular weight is 339 g/mol. The van der Waals surface area contributed by atoms with Crippen molar-refractivity contribution >= 4 is 34.7 Å². The second kappa shape index (κ2) is 7.85. The Balaban J connectivity index is 0.000000284. The minimum Gasteiger partial charge on any atom is -0.423 e. The highest BCUT2D eigenvalue weighted by Gasteiger charge is 2.31. The molecular formula is C14H22BN3O4S. The summed E-state index contributed by atoms with van der Waals surface area (Å²) in [4.78, 5) is 0. The van der Waals surface area contributed by atoms with E-state index in [1.54, 1.807) is 51.4 Å². The Kier molecular flexibility index (Phi) is 6.66. The monoisotopic (exact) mass is 339 g/mol. The molecule has 1 aromatic heterocycles. The molecule has 2 aromatic rings. The minimum atomic E-state index is -1.46. The van der Waals surface area contributed by atoms with Gasteiger partial charge in [0.05, 0.1) is 11.2 Å². The second-order valence-corrected chi connectivity index (χ2v) is 6.82. The molecule has 126 valence electrons. The Bertz CT molecular complexity index is 583. The molecule has 0 aliphatic rings. The number of hydrogen-bond acceptors (Lipinski definition) is 8. The van der Waals surface area contributed by atoms with Crippen molar-refractivity contribution in [1.82, 2.24) is 10.2 Å². The van der Waals surface area contributed by atoms with E-state index in [2.05, 4.69) is 15.5 Å². The van der Waals surface area contributed by atoms with Crippen LogP contribution in [0.15, 0.2) is 29.8 Å². The fourth-order valence-electron chi connectivity index (χ4n) is 1.13. The largest absolute Gasteiger partial charge is 0.488 e. The zero-order valence-corrected chi connectivity index (χ0v) is 14.4. The van der Waals surface area contributed by atoms with Crippen LogP contribution in [0.3, 0.4) is 0 Å². The summed E-state index contributed by atoms with van der Waals surface area (Å²) in [6.07, 6.45) is 0. The van der Waals surface area contributed by atoms with Crippen LogP contribution in [-0.2, 0) is 0 Å². The SMILES string of the molecule is CC(C)(O)C(C)(C)O.OB(O)c1cccc(Nc2nncs2)c1. The van der Waals surface area contributed by atoms with E-state index in [1.165, 1.54) is 11.3 Å². The van der Waals surface area contributed by atoms with E-state index in [4.69, 9.17) is 20.3 Å². The lowest BCUT2D eigenvalue weighted by Gasteiger charge is -2.31. The second-order valence-electron chi connectivity index (χ2n) is 5.99. The van der Waals surface area contributed by atoms with Crippen LogP contribution in [0.1, 0.15) is 27.7 Å². The number of nitrogens with one attached hydrogen (secondary N) is 1. The molecule has 0 aliphatic carbocycles. The lowest BCUT2D eigenvalue weighted by atomic mass is 9.80. The van der Waals surface area contributed by atoms with Crippen LogP contribution in [-0.4, -0.2) is 48.8 Å². The highest BCUT2D eigenvalue weighted by atomic mass is 32.1. The first-order chi connectivity index (χ1) is 10.5. The third-order valence-electron chi connectivity index (χ3n) is 3.29. The van der Waals surface area contributed by atoms with Crippen LogP contribution in [0.2, 0.25) is 0 Å². The molecule has 0 unspecified atom stereocenters. The maximum absolute atomic E-state index is 9.10. The Hall–Kier alpha value is -1.52. The number of nitrogens with zero attached hydrogens (tertiary/aromatic N) is 2. The Morgan fingerprint density at radius 3 is 2.13 bits per heavy atom. The zero-order valence-electron chi connectivity index (χ0n) is 13.6. The van der Waals surface area contributed by atoms with E-state index in [-0.39, 0.29) is 0 Å². The summed E-state index contributed by atoms with van der Waals surface area (Å²) in [5, 5.41) is 47.3. The van der Waals surface area contributed by atoms with Crippen molar-refractivity contribution in [2.24, 2.45) is 0 Å². The molecule has 1 aromatic carbocycles. The molecule has 0 radical (unpaired) electrons. The first kappa shape index (κ1) is 19.5. The molecule has 0 atom stereocenters. The number of benzene rings is 1. The molecule has 23 heavy (non-hydrogen) atoms. The topological polar surface area (TPSA) is 119 Å². The Morgan fingerprint density at radius 1 is 1.09 bits per heavy atom. The third kappa shape index (κ3) is 6.63. The van der Waals surface area contributed by atoms with Crippen molar-refractivity contribution < 1.29 is 20.3 Å². The van der Waals surface area contributed by atoms with Gasteiger partial charge in [0.15, 0.2) is 0 Å². The van der Waals surface area contributed by atoms with Crippen molar-refractivity contribution in [1.29, 1.82) is 0 Å². The van der Waals surface area contributed by atoms with Gasteiger partial charge >= 0.3 is 7.12 Å². The van der Waals surface area contributed by atoms with Crippen molar-refractivity contribution in [2.75, 3.05) is 5.32 Å². The van der Waals surface area contributed by atoms with E-state index in [1.807, 2.05) is 6.07 Å². The standard InChI is InChI=1S/C8H8BN3O2S.C6H14O2/c13-9(14)6-2-1-3-7(4-6)11-8-12-10-5-15-8;1-5(2,7)6(3,4)8/h1-5,13-14H,(H,11,12);7-8H,1-4H3. The summed E-state index contributed by atoms with van der Waals surface area (Å²) in [6, 6.07) is 6.83. The zero-order chi connectivity index (χ0) is 17.7. The van der Waals surface area contributed by atoms with Crippen LogP contribution in [0.4, 0.5) is 10.8 Å². The summed E-state index contributed by atoms with van der Waals surface area (Å²) in [5.41, 5.74) is 0.787. The van der Waals surface area contributed by atoms with E-state index in [0.717, 1.165) is 5.69 Å². The number of anilines is 2. The lowest BCUT2D eigenvalue weighted by molar-refractivity contribution is -0.107. The lowest BCUT2D eigenvalue weighted by Crippen LogP contribution is -2.44. The van der Waals surface area contributed by atoms with Gasteiger partial charge in [0.1, 0.15) is 5.51 Å². The number of hydrogen-bond donors (Lipinski definition) is 5. The van der Waals surface area contributed by atoms with Gasteiger partial charge in [0.25, 0.3) is 0 Å². The van der Waals surface area contributed by atoms with Gasteiger partial charge in [-0.1, -0.05) is 23.5 Å². The van der Waals surface area contributed by atoms with Crippen molar-refractivity contribution in [2.45, 2.75) is 38.9 Å². The van der Waals surface area contributed by atoms with Crippen LogP contribution < -0.4 is 10.8 Å². The molecule has 5 N–H and O–H groups in total. The van der Waals surface area contributed by atoms with Gasteiger partial charge in [-0.05, 0) is 45.3 Å². The van der Waals surface area contributed by atoms with Crippen LogP contribution in [0, 0.1) is 0 Å². The molecule has 2 rings (SSSR count). The number of aliphatic hydroxyl groups is 2. The van der Waals surface area contributed by atoms with Crippen molar-refractivity contribution in [3.05, 3.63) is 29.8 Å². The molecule has 0 saturated carbocycles. The first-order valence-corrected chi connectivity index (χ1v) is 7.82. The van der Waals surface area contributed by atoms with E-state index in [0.29, 0.717) is 10.6 Å². The number of rotatable bonds is 4. The molecule has 0 fully saturated rings. The van der Waals surface area contributed by atoms with Crippen LogP contribution >= 0.6 is 11.3 Å². The summed E-state index contributed by atoms with van der Waals surface area (Å²) in [7, 11) is -1.46. The average Bonchev–Trinajstić information content (AvgIpc) is 2.90. The molecular weight excluding hydrogens is 317 g/mol. The van der Waals surface area contributed by atoms with Gasteiger partial charge in [-0.25, -0.2) is 0 Å². The summed E-state index contributed by atoms with van der Waals surface area (Å²) >= 11 is 1.37. The van der Waals surface area contributed by atoms with Gasteiger partial charge in [0.2, 0.25) is 5.13 Å². The fourth-order valence-corrected chi connectivity index (χ4v) is 1.59. The fraction of sp³-hybridized carbons (Fsp3) is 0.429. The molecule has 0 aliphatic heterocycles. The smallest absolute Gasteiger partial charge is 0.423 e. The van der Waals surface area contributed by atoms with Gasteiger partial charge in [-0.15, -0.1) is 10.2 Å². The van der Waals surface area contributed by atoms with E-state index in [9.17, 15) is 0 Å². The van der Waals surface area contributed by atoms with Crippen molar-refractivity contribution in [3.8, 4) is 0 Å². The van der Waals surface area contributed by atoms with Crippen LogP contribution in [0.25, 0.3) is 0 Å². The highest BCUT2D eigenvalue weighted by molar-refractivity contribution is 7.13. The molecule has 7 nitrogen and oxygen atoms in total. The quantitative estimate of drug-likeness (QED) is 0.514. The molecule has 0 spiro atoms. The normalized spacial score (nSPS) is 11.5. The van der Waals surface area contributed by atoms with Gasteiger partial charge in [-0.2, -0.15) is 0 Å². The van der Waals surface area contributed by atoms with Gasteiger partial charge < -0.3 is 25.6 Å². The first-order valence-electron chi connectivity index (χ1n) is 6.95. The molecule has 0 saturated heterocycles. The predicted molar refractivity (Wildman–Crippen MR) is 92.1 cm³/mol. The highest BCUT2D eigenvalue weighted by Crippen LogP contribution is 2.19. The van der Waals surface area contributed by atoms with E-state index < -0.39 is 18.3 Å². The Labute approximate surface area is 139 Å². The minimum absolute atomic E-state index is 0.435. The molecule has 0 bridgehead atoms. The maximum Gasteiger partial charge on any atom is 0.488 e. The van der Waals surface area contributed by atoms with Crippen LogP contribution in [0.5, 0.6) is 0 Å². The Morgan fingerprint density at radius 2 is 1.70 bits per heavy atom. The summed E-state index contributed by atoms with van der Waals surface area (Å²) < 4.78 is 0. The molecule has 1 heterocycles. The van der Waals surface area contributed by atoms with Crippen molar-refractivity contribution in [3.63, 3.8) is 0 Å².